The maximum atomic E-state index is 5.01. The van der Waals surface area contributed by atoms with Crippen molar-refractivity contribution in [2.75, 3.05) is 6.61 Å². The van der Waals surface area contributed by atoms with E-state index in [0.29, 0.717) is 6.61 Å². The maximum absolute atomic E-state index is 5.01. The first-order chi connectivity index (χ1) is 5.84. The number of ether oxygens (including phenoxy) is 1. The van der Waals surface area contributed by atoms with Crippen LogP contribution in [-0.2, 0) is 4.74 Å². The second kappa shape index (κ2) is 4.39. The summed E-state index contributed by atoms with van der Waals surface area (Å²) < 4.78 is 5.01. The summed E-state index contributed by atoms with van der Waals surface area (Å²) in [7, 11) is 0. The van der Waals surface area contributed by atoms with Gasteiger partial charge in [-0.25, -0.2) is 0 Å². The molecule has 0 spiro atoms. The van der Waals surface area contributed by atoms with Crippen molar-refractivity contribution in [3.63, 3.8) is 0 Å². The third kappa shape index (κ3) is 2.27. The lowest BCUT2D eigenvalue weighted by Crippen LogP contribution is -1.90. The molecule has 0 N–H and O–H groups in total. The van der Waals surface area contributed by atoms with Crippen LogP contribution in [0.4, 0.5) is 0 Å². The molecule has 0 aliphatic carbocycles. The summed E-state index contributed by atoms with van der Waals surface area (Å²) in [6, 6.07) is 9.96. The minimum Gasteiger partial charge on any atom is -0.497 e. The molecule has 0 aliphatic heterocycles. The fourth-order valence-corrected chi connectivity index (χ4v) is 0.917. The van der Waals surface area contributed by atoms with Gasteiger partial charge in [0.2, 0.25) is 0 Å². The van der Waals surface area contributed by atoms with Gasteiger partial charge < -0.3 is 4.74 Å². The van der Waals surface area contributed by atoms with Crippen molar-refractivity contribution in [2.24, 2.45) is 0 Å². The lowest BCUT2D eigenvalue weighted by molar-refractivity contribution is 0.298. The lowest BCUT2D eigenvalue weighted by Gasteiger charge is -2.04. The molecule has 0 saturated carbocycles. The van der Waals surface area contributed by atoms with E-state index < -0.39 is 0 Å². The predicted octanol–water partition coefficient (Wildman–Crippen LogP) is 2.86. The average molecular weight is 160 g/mol. The van der Waals surface area contributed by atoms with E-state index in [9.17, 15) is 0 Å². The molecule has 62 valence electrons. The highest BCUT2D eigenvalue weighted by atomic mass is 16.5. The van der Waals surface area contributed by atoms with E-state index in [0.717, 1.165) is 11.1 Å². The van der Waals surface area contributed by atoms with Crippen molar-refractivity contribution >= 4 is 5.57 Å². The van der Waals surface area contributed by atoms with Crippen LogP contribution in [0.3, 0.4) is 0 Å². The summed E-state index contributed by atoms with van der Waals surface area (Å²) >= 11 is 0. The van der Waals surface area contributed by atoms with Gasteiger partial charge in [0.1, 0.15) is 6.61 Å². The normalized spacial score (nSPS) is 9.00. The minimum absolute atomic E-state index is 0.507. The fourth-order valence-electron chi connectivity index (χ4n) is 0.917. The van der Waals surface area contributed by atoms with Crippen molar-refractivity contribution in [1.82, 2.24) is 0 Å². The smallest absolute Gasteiger partial charge is 0.112 e. The third-order valence-electron chi connectivity index (χ3n) is 1.56. The molecule has 1 heteroatoms. The summed E-state index contributed by atoms with van der Waals surface area (Å²) in [6.07, 6.45) is 1.42. The Morgan fingerprint density at radius 2 is 2.00 bits per heavy atom. The zero-order chi connectivity index (χ0) is 8.81. The second-order valence-corrected chi connectivity index (χ2v) is 2.45. The van der Waals surface area contributed by atoms with Crippen molar-refractivity contribution in [3.05, 3.63) is 55.3 Å². The van der Waals surface area contributed by atoms with Crippen LogP contribution >= 0.6 is 0 Å². The fraction of sp³-hybridized carbons (Fsp3) is 0.0909. The highest BCUT2D eigenvalue weighted by molar-refractivity contribution is 5.63. The van der Waals surface area contributed by atoms with E-state index in [1.807, 2.05) is 30.3 Å². The number of benzene rings is 1. The summed E-state index contributed by atoms with van der Waals surface area (Å²) in [5.41, 5.74) is 2.08. The first-order valence-corrected chi connectivity index (χ1v) is 3.80. The Balaban J connectivity index is 2.59. The summed E-state index contributed by atoms with van der Waals surface area (Å²) in [4.78, 5) is 0. The molecular formula is C11H12O. The highest BCUT2D eigenvalue weighted by Gasteiger charge is 1.95. The molecular weight excluding hydrogens is 148 g/mol. The maximum Gasteiger partial charge on any atom is 0.112 e. The molecule has 1 nitrogen and oxygen atoms in total. The van der Waals surface area contributed by atoms with Crippen LogP contribution in [0.5, 0.6) is 0 Å². The Labute approximate surface area is 73.0 Å². The number of hydrogen-bond acceptors (Lipinski definition) is 1. The highest BCUT2D eigenvalue weighted by Crippen LogP contribution is 2.11. The van der Waals surface area contributed by atoms with Gasteiger partial charge in [-0.05, 0) is 11.1 Å². The molecule has 1 aromatic carbocycles. The molecule has 0 radical (unpaired) electrons. The number of hydrogen-bond donors (Lipinski definition) is 0. The Bertz CT molecular complexity index is 262. The Kier molecular flexibility index (Phi) is 3.15. The molecule has 0 aliphatic rings. The lowest BCUT2D eigenvalue weighted by atomic mass is 10.1. The van der Waals surface area contributed by atoms with E-state index in [-0.39, 0.29) is 0 Å². The third-order valence-corrected chi connectivity index (χ3v) is 1.56. The Morgan fingerprint density at radius 1 is 1.33 bits per heavy atom. The van der Waals surface area contributed by atoms with Gasteiger partial charge >= 0.3 is 0 Å². The van der Waals surface area contributed by atoms with Gasteiger partial charge in [0.15, 0.2) is 0 Å². The second-order valence-electron chi connectivity index (χ2n) is 2.45. The van der Waals surface area contributed by atoms with Gasteiger partial charge in [-0.15, -0.1) is 0 Å². The largest absolute Gasteiger partial charge is 0.497 e. The minimum atomic E-state index is 0.507. The summed E-state index contributed by atoms with van der Waals surface area (Å²) in [5, 5.41) is 0. The van der Waals surface area contributed by atoms with Gasteiger partial charge in [-0.3, -0.25) is 0 Å². The molecule has 1 aromatic rings. The molecule has 0 amide bonds. The summed E-state index contributed by atoms with van der Waals surface area (Å²) in [6.45, 7) is 7.86. The van der Waals surface area contributed by atoms with Crippen LogP contribution in [0.1, 0.15) is 5.56 Å². The Hall–Kier alpha value is -1.50. The van der Waals surface area contributed by atoms with E-state index >= 15 is 0 Å². The average Bonchev–Trinajstić information content (AvgIpc) is 2.15. The first-order valence-electron chi connectivity index (χ1n) is 3.80. The zero-order valence-corrected chi connectivity index (χ0v) is 6.99. The molecule has 0 atom stereocenters. The first kappa shape index (κ1) is 8.60. The molecule has 12 heavy (non-hydrogen) atoms. The van der Waals surface area contributed by atoms with Crippen molar-refractivity contribution in [2.45, 2.75) is 0 Å². The standard InChI is InChI=1S/C11H12O/c1-3-12-9-10(2)11-7-5-4-6-8-11/h3-8H,1-2,9H2. The van der Waals surface area contributed by atoms with Crippen LogP contribution in [0.15, 0.2) is 49.8 Å². The monoisotopic (exact) mass is 160 g/mol. The van der Waals surface area contributed by atoms with Gasteiger partial charge in [0.25, 0.3) is 0 Å². The van der Waals surface area contributed by atoms with Crippen molar-refractivity contribution < 1.29 is 4.74 Å². The van der Waals surface area contributed by atoms with Crippen LogP contribution in [0, 0.1) is 0 Å². The molecule has 1 rings (SSSR count). The van der Waals surface area contributed by atoms with Gasteiger partial charge in [-0.2, -0.15) is 0 Å². The number of rotatable bonds is 4. The van der Waals surface area contributed by atoms with Crippen molar-refractivity contribution in [1.29, 1.82) is 0 Å². The zero-order valence-electron chi connectivity index (χ0n) is 6.99. The quantitative estimate of drug-likeness (QED) is 0.615. The van der Waals surface area contributed by atoms with Crippen LogP contribution in [0.2, 0.25) is 0 Å². The van der Waals surface area contributed by atoms with E-state index in [1.165, 1.54) is 6.26 Å². The summed E-state index contributed by atoms with van der Waals surface area (Å²) in [5.74, 6) is 0. The van der Waals surface area contributed by atoms with E-state index in [1.54, 1.807) is 0 Å². The predicted molar refractivity (Wildman–Crippen MR) is 51.6 cm³/mol. The van der Waals surface area contributed by atoms with Crippen LogP contribution in [-0.4, -0.2) is 6.61 Å². The van der Waals surface area contributed by atoms with Gasteiger partial charge in [0.05, 0.1) is 6.26 Å². The van der Waals surface area contributed by atoms with E-state index in [2.05, 4.69) is 13.2 Å². The van der Waals surface area contributed by atoms with Crippen molar-refractivity contribution in [3.8, 4) is 0 Å². The van der Waals surface area contributed by atoms with Gasteiger partial charge in [0, 0.05) is 0 Å². The SMILES string of the molecule is C=COCC(=C)c1ccccc1. The molecule has 0 saturated heterocycles. The molecule has 0 unspecified atom stereocenters. The van der Waals surface area contributed by atoms with E-state index in [4.69, 9.17) is 4.74 Å². The molecule has 0 bridgehead atoms. The van der Waals surface area contributed by atoms with Gasteiger partial charge in [-0.1, -0.05) is 43.5 Å². The van der Waals surface area contributed by atoms with Crippen LogP contribution < -0.4 is 0 Å². The topological polar surface area (TPSA) is 9.23 Å². The molecule has 0 aromatic heterocycles. The van der Waals surface area contributed by atoms with Crippen LogP contribution in [0.25, 0.3) is 5.57 Å². The Morgan fingerprint density at radius 3 is 2.58 bits per heavy atom. The molecule has 0 fully saturated rings. The molecule has 0 heterocycles.